The highest BCUT2D eigenvalue weighted by molar-refractivity contribution is 6.31. The Bertz CT molecular complexity index is 801. The average Bonchev–Trinajstić information content (AvgIpc) is 3.05. The number of hydrogen-bond donors (Lipinski definition) is 4. The summed E-state index contributed by atoms with van der Waals surface area (Å²) in [6.07, 6.45) is -1.94. The van der Waals surface area contributed by atoms with Crippen LogP contribution >= 0.6 is 11.6 Å². The van der Waals surface area contributed by atoms with Crippen molar-refractivity contribution in [3.8, 4) is 0 Å². The maximum atomic E-state index is 12.2. The van der Waals surface area contributed by atoms with Crippen LogP contribution in [0.1, 0.15) is 26.7 Å². The maximum absolute atomic E-state index is 12.2. The molecule has 0 aliphatic rings. The van der Waals surface area contributed by atoms with Gasteiger partial charge in [0.15, 0.2) is 11.9 Å². The molecule has 2 atom stereocenters. The molecule has 2 aromatic rings. The van der Waals surface area contributed by atoms with Crippen LogP contribution in [0.25, 0.3) is 0 Å². The summed E-state index contributed by atoms with van der Waals surface area (Å²) in [6, 6.07) is 7.61. The molecule has 0 aliphatic carbocycles. The molecule has 0 bridgehead atoms. The number of hydrogen-bond acceptors (Lipinski definition) is 5. The molecule has 2 rings (SSSR count). The third-order valence-corrected chi connectivity index (χ3v) is 3.76. The van der Waals surface area contributed by atoms with E-state index in [-0.39, 0.29) is 12.2 Å². The van der Waals surface area contributed by atoms with Crippen molar-refractivity contribution in [2.45, 2.75) is 18.6 Å². The van der Waals surface area contributed by atoms with Crippen molar-refractivity contribution in [2.24, 2.45) is 0 Å². The van der Waals surface area contributed by atoms with Crippen molar-refractivity contribution in [2.75, 3.05) is 0 Å². The molecular weight excluding hydrogens is 354 g/mol. The molecule has 0 radical (unpaired) electrons. The SMILES string of the molecule is O=C(O)c1ccc(C(=O)N[C@H](Cc2ccccc2Cl)[C@@H](O)C(=O)O)o1. The van der Waals surface area contributed by atoms with Crippen molar-refractivity contribution in [1.29, 1.82) is 0 Å². The number of aliphatic hydroxyl groups is 1. The lowest BCUT2D eigenvalue weighted by atomic mass is 10.0. The first-order valence-corrected chi connectivity index (χ1v) is 7.45. The van der Waals surface area contributed by atoms with Gasteiger partial charge in [0.25, 0.3) is 5.91 Å². The maximum Gasteiger partial charge on any atom is 0.371 e. The van der Waals surface area contributed by atoms with Gasteiger partial charge < -0.3 is 25.1 Å². The topological polar surface area (TPSA) is 137 Å². The Morgan fingerprint density at radius 1 is 1.08 bits per heavy atom. The van der Waals surface area contributed by atoms with Crippen molar-refractivity contribution < 1.29 is 34.1 Å². The number of carbonyl (C=O) groups is 3. The molecule has 1 amide bonds. The monoisotopic (exact) mass is 367 g/mol. The first-order chi connectivity index (χ1) is 11.8. The molecule has 0 aliphatic heterocycles. The number of aliphatic carboxylic acids is 1. The number of furan rings is 1. The molecule has 0 fully saturated rings. The van der Waals surface area contributed by atoms with Crippen LogP contribution in [0.3, 0.4) is 0 Å². The van der Waals surface area contributed by atoms with Crippen LogP contribution in [0.5, 0.6) is 0 Å². The predicted octanol–water partition coefficient (Wildman–Crippen LogP) is 1.42. The fourth-order valence-corrected chi connectivity index (χ4v) is 2.34. The van der Waals surface area contributed by atoms with Crippen LogP contribution in [0, 0.1) is 0 Å². The molecular formula is C16H14ClNO7. The number of aliphatic hydroxyl groups excluding tert-OH is 1. The lowest BCUT2D eigenvalue weighted by Crippen LogP contribution is -2.48. The molecule has 25 heavy (non-hydrogen) atoms. The number of rotatable bonds is 7. The number of amides is 1. The van der Waals surface area contributed by atoms with E-state index in [4.69, 9.17) is 26.2 Å². The van der Waals surface area contributed by atoms with Crippen LogP contribution in [-0.2, 0) is 11.2 Å². The van der Waals surface area contributed by atoms with Crippen LogP contribution in [0.15, 0.2) is 40.8 Å². The van der Waals surface area contributed by atoms with Gasteiger partial charge in [-0.3, -0.25) is 4.79 Å². The lowest BCUT2D eigenvalue weighted by molar-refractivity contribution is -0.148. The lowest BCUT2D eigenvalue weighted by Gasteiger charge is -2.21. The van der Waals surface area contributed by atoms with E-state index in [1.165, 1.54) is 0 Å². The molecule has 0 spiro atoms. The fourth-order valence-electron chi connectivity index (χ4n) is 2.13. The van der Waals surface area contributed by atoms with Crippen molar-refractivity contribution in [1.82, 2.24) is 5.32 Å². The number of carbonyl (C=O) groups excluding carboxylic acids is 1. The Labute approximate surface area is 146 Å². The predicted molar refractivity (Wildman–Crippen MR) is 85.7 cm³/mol. The zero-order chi connectivity index (χ0) is 18.6. The molecule has 9 heteroatoms. The molecule has 0 saturated carbocycles. The standard InChI is InChI=1S/C16H14ClNO7/c17-9-4-2-1-3-8(9)7-10(13(19)16(23)24)18-14(20)11-5-6-12(25-11)15(21)22/h1-6,10,13,19H,7H2,(H,18,20)(H,21,22)(H,23,24)/t10-,13-/m1/s1. The van der Waals surface area contributed by atoms with Crippen LogP contribution < -0.4 is 5.32 Å². The highest BCUT2D eigenvalue weighted by Gasteiger charge is 2.29. The Hall–Kier alpha value is -2.84. The van der Waals surface area contributed by atoms with E-state index in [0.29, 0.717) is 10.6 Å². The van der Waals surface area contributed by atoms with Crippen molar-refractivity contribution >= 4 is 29.4 Å². The highest BCUT2D eigenvalue weighted by atomic mass is 35.5. The number of benzene rings is 1. The van der Waals surface area contributed by atoms with Crippen LogP contribution in [-0.4, -0.2) is 45.3 Å². The first kappa shape index (κ1) is 18.5. The Balaban J connectivity index is 2.20. The van der Waals surface area contributed by atoms with Gasteiger partial charge in [0.05, 0.1) is 6.04 Å². The van der Waals surface area contributed by atoms with E-state index in [2.05, 4.69) is 5.32 Å². The summed E-state index contributed by atoms with van der Waals surface area (Å²) >= 11 is 6.02. The summed E-state index contributed by atoms with van der Waals surface area (Å²) < 4.78 is 4.86. The molecule has 4 N–H and O–H groups in total. The van der Waals surface area contributed by atoms with Gasteiger partial charge in [0.1, 0.15) is 0 Å². The highest BCUT2D eigenvalue weighted by Crippen LogP contribution is 2.18. The second kappa shape index (κ2) is 7.82. The smallest absolute Gasteiger partial charge is 0.371 e. The Morgan fingerprint density at radius 3 is 2.28 bits per heavy atom. The number of nitrogens with one attached hydrogen (secondary N) is 1. The quantitative estimate of drug-likeness (QED) is 0.580. The first-order valence-electron chi connectivity index (χ1n) is 7.08. The fraction of sp³-hybridized carbons (Fsp3) is 0.188. The van der Waals surface area contributed by atoms with E-state index in [1.54, 1.807) is 24.3 Å². The van der Waals surface area contributed by atoms with Gasteiger partial charge >= 0.3 is 11.9 Å². The van der Waals surface area contributed by atoms with E-state index >= 15 is 0 Å². The zero-order valence-corrected chi connectivity index (χ0v) is 13.4. The molecule has 132 valence electrons. The molecule has 1 aromatic carbocycles. The second-order valence-corrected chi connectivity index (χ2v) is 5.53. The van der Waals surface area contributed by atoms with Gasteiger partial charge in [0, 0.05) is 5.02 Å². The molecule has 0 saturated heterocycles. The minimum atomic E-state index is -1.89. The Kier molecular flexibility index (Phi) is 5.79. The molecule has 0 unspecified atom stereocenters. The van der Waals surface area contributed by atoms with E-state index < -0.39 is 35.8 Å². The molecule has 1 heterocycles. The third-order valence-electron chi connectivity index (χ3n) is 3.39. The van der Waals surface area contributed by atoms with Gasteiger partial charge in [-0.2, -0.15) is 0 Å². The minimum Gasteiger partial charge on any atom is -0.479 e. The normalized spacial score (nSPS) is 13.0. The summed E-state index contributed by atoms with van der Waals surface area (Å²) in [4.78, 5) is 34.0. The van der Waals surface area contributed by atoms with Gasteiger partial charge in [-0.25, -0.2) is 9.59 Å². The van der Waals surface area contributed by atoms with Gasteiger partial charge in [-0.1, -0.05) is 29.8 Å². The van der Waals surface area contributed by atoms with Crippen molar-refractivity contribution in [3.05, 3.63) is 58.5 Å². The number of aromatic carboxylic acids is 1. The largest absolute Gasteiger partial charge is 0.479 e. The van der Waals surface area contributed by atoms with Crippen LogP contribution in [0.2, 0.25) is 5.02 Å². The van der Waals surface area contributed by atoms with Crippen molar-refractivity contribution in [3.63, 3.8) is 0 Å². The van der Waals surface area contributed by atoms with Gasteiger partial charge in [-0.15, -0.1) is 0 Å². The summed E-state index contributed by atoms with van der Waals surface area (Å²) in [6.45, 7) is 0. The second-order valence-electron chi connectivity index (χ2n) is 5.13. The van der Waals surface area contributed by atoms with Gasteiger partial charge in [-0.05, 0) is 30.2 Å². The van der Waals surface area contributed by atoms with E-state index in [0.717, 1.165) is 12.1 Å². The van der Waals surface area contributed by atoms with E-state index in [9.17, 15) is 19.5 Å². The minimum absolute atomic E-state index is 0.0502. The van der Waals surface area contributed by atoms with Crippen LogP contribution in [0.4, 0.5) is 0 Å². The summed E-state index contributed by atoms with van der Waals surface area (Å²) in [5.41, 5.74) is 0.528. The summed E-state index contributed by atoms with van der Waals surface area (Å²) in [5.74, 6) is -4.49. The number of halogens is 1. The van der Waals surface area contributed by atoms with Gasteiger partial charge in [0.2, 0.25) is 5.76 Å². The molecule has 1 aromatic heterocycles. The molecule has 8 nitrogen and oxygen atoms in total. The zero-order valence-electron chi connectivity index (χ0n) is 12.7. The Morgan fingerprint density at radius 2 is 1.72 bits per heavy atom. The third kappa shape index (κ3) is 4.59. The number of carboxylic acids is 2. The van der Waals surface area contributed by atoms with E-state index in [1.807, 2.05) is 0 Å². The summed E-state index contributed by atoms with van der Waals surface area (Å²) in [5, 5.41) is 30.3. The average molecular weight is 368 g/mol. The summed E-state index contributed by atoms with van der Waals surface area (Å²) in [7, 11) is 0. The number of carboxylic acid groups (broad SMARTS) is 2.